The third-order valence-corrected chi connectivity index (χ3v) is 4.99. The molecule has 32 heavy (non-hydrogen) atoms. The molecule has 0 aliphatic rings. The van der Waals surface area contributed by atoms with Crippen molar-refractivity contribution in [1.82, 2.24) is 15.2 Å². The van der Waals surface area contributed by atoms with Gasteiger partial charge in [-0.1, -0.05) is 18.2 Å². The highest BCUT2D eigenvalue weighted by Crippen LogP contribution is 2.28. The highest BCUT2D eigenvalue weighted by atomic mass is 16.5. The minimum absolute atomic E-state index is 0.0410. The molecule has 3 N–H and O–H groups in total. The quantitative estimate of drug-likeness (QED) is 0.353. The van der Waals surface area contributed by atoms with E-state index >= 15 is 0 Å². The van der Waals surface area contributed by atoms with Gasteiger partial charge < -0.3 is 29.8 Å². The van der Waals surface area contributed by atoms with Crippen LogP contribution in [0.1, 0.15) is 22.3 Å². The molecule has 1 heterocycles. The monoisotopic (exact) mass is 437 g/mol. The van der Waals surface area contributed by atoms with Crippen molar-refractivity contribution in [1.29, 1.82) is 0 Å². The number of fused-ring (bicyclic) bond motifs is 1. The molecule has 0 spiro atoms. The SMILES string of the molecule is COc1ccc(C(=O)N/C(=C/c2cn(C)c3ccccc23)C(=O)NCCCO)cc1OC. The predicted octanol–water partition coefficient (Wildman–Crippen LogP) is 2.46. The molecule has 0 aliphatic heterocycles. The molecule has 1 aromatic heterocycles. The molecule has 0 atom stereocenters. The Morgan fingerprint density at radius 1 is 1.09 bits per heavy atom. The number of para-hydroxylation sites is 1. The van der Waals surface area contributed by atoms with Crippen molar-refractivity contribution < 1.29 is 24.2 Å². The molecule has 8 heteroatoms. The Bertz CT molecular complexity index is 1150. The molecule has 8 nitrogen and oxygen atoms in total. The second kappa shape index (κ2) is 10.5. The van der Waals surface area contributed by atoms with Crippen LogP contribution in [-0.4, -0.2) is 48.9 Å². The standard InChI is InChI=1S/C24H27N3O5/c1-27-15-17(18-7-4-5-8-20(18)27)13-19(24(30)25-11-6-12-28)26-23(29)16-9-10-21(31-2)22(14-16)32-3/h4-5,7-10,13-15,28H,6,11-12H2,1-3H3,(H,25,30)(H,26,29)/b19-13+. The van der Waals surface area contributed by atoms with Gasteiger partial charge in [-0.3, -0.25) is 9.59 Å². The highest BCUT2D eigenvalue weighted by molar-refractivity contribution is 6.06. The molecular weight excluding hydrogens is 410 g/mol. The molecule has 168 valence electrons. The number of nitrogens with one attached hydrogen (secondary N) is 2. The lowest BCUT2D eigenvalue weighted by Crippen LogP contribution is -2.35. The van der Waals surface area contributed by atoms with E-state index in [-0.39, 0.29) is 18.8 Å². The molecule has 3 aromatic rings. The van der Waals surface area contributed by atoms with Crippen LogP contribution in [0.5, 0.6) is 11.5 Å². The van der Waals surface area contributed by atoms with Gasteiger partial charge in [0.15, 0.2) is 11.5 Å². The van der Waals surface area contributed by atoms with Crippen molar-refractivity contribution in [2.45, 2.75) is 6.42 Å². The average molecular weight is 437 g/mol. The van der Waals surface area contributed by atoms with Gasteiger partial charge in [0.25, 0.3) is 11.8 Å². The maximum absolute atomic E-state index is 12.9. The molecule has 0 unspecified atom stereocenters. The lowest BCUT2D eigenvalue weighted by molar-refractivity contribution is -0.117. The van der Waals surface area contributed by atoms with E-state index in [0.29, 0.717) is 23.5 Å². The van der Waals surface area contributed by atoms with E-state index in [2.05, 4.69) is 10.6 Å². The minimum Gasteiger partial charge on any atom is -0.493 e. The molecular formula is C24H27N3O5. The van der Waals surface area contributed by atoms with Gasteiger partial charge >= 0.3 is 0 Å². The fraction of sp³-hybridized carbons (Fsp3) is 0.250. The number of aryl methyl sites for hydroxylation is 1. The molecule has 0 fully saturated rings. The van der Waals surface area contributed by atoms with Gasteiger partial charge in [0.2, 0.25) is 0 Å². The number of aliphatic hydroxyl groups excluding tert-OH is 1. The van der Waals surface area contributed by atoms with Gasteiger partial charge in [-0.15, -0.1) is 0 Å². The van der Waals surface area contributed by atoms with Crippen LogP contribution in [0.3, 0.4) is 0 Å². The lowest BCUT2D eigenvalue weighted by Gasteiger charge is -2.12. The van der Waals surface area contributed by atoms with Gasteiger partial charge in [-0.25, -0.2) is 0 Å². The number of hydrogen-bond donors (Lipinski definition) is 3. The third-order valence-electron chi connectivity index (χ3n) is 4.99. The summed E-state index contributed by atoms with van der Waals surface area (Å²) in [5.41, 5.74) is 2.21. The number of aliphatic hydroxyl groups is 1. The number of aromatic nitrogens is 1. The predicted molar refractivity (Wildman–Crippen MR) is 123 cm³/mol. The van der Waals surface area contributed by atoms with E-state index in [1.165, 1.54) is 14.2 Å². The Balaban J connectivity index is 1.95. The lowest BCUT2D eigenvalue weighted by atomic mass is 10.1. The Morgan fingerprint density at radius 2 is 1.84 bits per heavy atom. The van der Waals surface area contributed by atoms with Gasteiger partial charge in [-0.05, 0) is 36.8 Å². The van der Waals surface area contributed by atoms with Crippen LogP contribution < -0.4 is 20.1 Å². The van der Waals surface area contributed by atoms with E-state index in [1.807, 2.05) is 42.1 Å². The van der Waals surface area contributed by atoms with E-state index in [0.717, 1.165) is 16.5 Å². The van der Waals surface area contributed by atoms with Crippen molar-refractivity contribution in [2.75, 3.05) is 27.4 Å². The van der Waals surface area contributed by atoms with Crippen LogP contribution in [-0.2, 0) is 11.8 Å². The summed E-state index contributed by atoms with van der Waals surface area (Å²) in [5, 5.41) is 15.4. The number of carbonyl (C=O) groups is 2. The Hall–Kier alpha value is -3.78. The van der Waals surface area contributed by atoms with Crippen molar-refractivity contribution in [3.05, 3.63) is 65.5 Å². The second-order valence-electron chi connectivity index (χ2n) is 7.13. The first-order valence-corrected chi connectivity index (χ1v) is 10.2. The smallest absolute Gasteiger partial charge is 0.267 e. The number of hydrogen-bond acceptors (Lipinski definition) is 5. The maximum atomic E-state index is 12.9. The van der Waals surface area contributed by atoms with E-state index in [1.54, 1.807) is 24.3 Å². The molecule has 0 radical (unpaired) electrons. The van der Waals surface area contributed by atoms with E-state index in [4.69, 9.17) is 14.6 Å². The third kappa shape index (κ3) is 5.09. The summed E-state index contributed by atoms with van der Waals surface area (Å²) in [6, 6.07) is 12.6. The number of methoxy groups -OCH3 is 2. The van der Waals surface area contributed by atoms with Crippen LogP contribution >= 0.6 is 0 Å². The number of amides is 2. The minimum atomic E-state index is -0.463. The zero-order chi connectivity index (χ0) is 23.1. The molecule has 3 rings (SSSR count). The average Bonchev–Trinajstić information content (AvgIpc) is 3.13. The van der Waals surface area contributed by atoms with Crippen molar-refractivity contribution in [3.63, 3.8) is 0 Å². The fourth-order valence-electron chi connectivity index (χ4n) is 3.35. The molecule has 0 aliphatic carbocycles. The Kier molecular flexibility index (Phi) is 7.51. The number of rotatable bonds is 9. The highest BCUT2D eigenvalue weighted by Gasteiger charge is 2.17. The van der Waals surface area contributed by atoms with Crippen LogP contribution in [0.25, 0.3) is 17.0 Å². The summed E-state index contributed by atoms with van der Waals surface area (Å²) in [6.45, 7) is 0.245. The van der Waals surface area contributed by atoms with Crippen molar-refractivity contribution in [3.8, 4) is 11.5 Å². The van der Waals surface area contributed by atoms with Crippen LogP contribution in [0, 0.1) is 0 Å². The normalized spacial score (nSPS) is 11.3. The van der Waals surface area contributed by atoms with Gasteiger partial charge in [-0.2, -0.15) is 0 Å². The first-order chi connectivity index (χ1) is 15.5. The number of nitrogens with zero attached hydrogens (tertiary/aromatic N) is 1. The number of carbonyl (C=O) groups excluding carboxylic acids is 2. The number of benzene rings is 2. The van der Waals surface area contributed by atoms with Crippen LogP contribution in [0.4, 0.5) is 0 Å². The van der Waals surface area contributed by atoms with Crippen molar-refractivity contribution >= 4 is 28.8 Å². The van der Waals surface area contributed by atoms with Gasteiger partial charge in [0.1, 0.15) is 5.70 Å². The zero-order valence-corrected chi connectivity index (χ0v) is 18.3. The summed E-state index contributed by atoms with van der Waals surface area (Å²) < 4.78 is 12.4. The van der Waals surface area contributed by atoms with Crippen LogP contribution in [0.15, 0.2) is 54.4 Å². The zero-order valence-electron chi connectivity index (χ0n) is 18.3. The van der Waals surface area contributed by atoms with E-state index < -0.39 is 11.8 Å². The summed E-state index contributed by atoms with van der Waals surface area (Å²) in [5.74, 6) is -0.000549. The molecule has 0 saturated carbocycles. The molecule has 2 aromatic carbocycles. The molecule has 2 amide bonds. The largest absolute Gasteiger partial charge is 0.493 e. The second-order valence-corrected chi connectivity index (χ2v) is 7.13. The summed E-state index contributed by atoms with van der Waals surface area (Å²) in [7, 11) is 4.92. The van der Waals surface area contributed by atoms with E-state index in [9.17, 15) is 9.59 Å². The van der Waals surface area contributed by atoms with Gasteiger partial charge in [0.05, 0.1) is 14.2 Å². The topological polar surface area (TPSA) is 102 Å². The number of ether oxygens (including phenoxy) is 2. The molecule has 0 bridgehead atoms. The van der Waals surface area contributed by atoms with Crippen LogP contribution in [0.2, 0.25) is 0 Å². The summed E-state index contributed by atoms with van der Waals surface area (Å²) in [6.07, 6.45) is 3.96. The van der Waals surface area contributed by atoms with Gasteiger partial charge in [0, 0.05) is 48.4 Å². The maximum Gasteiger partial charge on any atom is 0.267 e. The summed E-state index contributed by atoms with van der Waals surface area (Å²) in [4.78, 5) is 25.8. The summed E-state index contributed by atoms with van der Waals surface area (Å²) >= 11 is 0. The van der Waals surface area contributed by atoms with Crippen molar-refractivity contribution in [2.24, 2.45) is 7.05 Å². The first-order valence-electron chi connectivity index (χ1n) is 10.2. The molecule has 0 saturated heterocycles. The first kappa shape index (κ1) is 22.9. The fourth-order valence-corrected chi connectivity index (χ4v) is 3.35. The Labute approximate surface area is 186 Å². The Morgan fingerprint density at radius 3 is 2.56 bits per heavy atom.